The lowest BCUT2D eigenvalue weighted by molar-refractivity contribution is -0.121. The van der Waals surface area contributed by atoms with Crippen molar-refractivity contribution in [3.05, 3.63) is 0 Å². The van der Waals surface area contributed by atoms with Crippen LogP contribution >= 0.6 is 0 Å². The number of alkyl halides is 2. The predicted octanol–water partition coefficient (Wildman–Crippen LogP) is 3.57. The maximum absolute atomic E-state index is 13.1. The molecule has 2 fully saturated rings. The van der Waals surface area contributed by atoms with Crippen LogP contribution in [0.2, 0.25) is 0 Å². The van der Waals surface area contributed by atoms with Gasteiger partial charge < -0.3 is 0 Å². The Hall–Kier alpha value is -0.470. The number of carbonyl (C=O) groups excluding carboxylic acids is 1. The van der Waals surface area contributed by atoms with Gasteiger partial charge in [0.2, 0.25) is 5.92 Å². The Bertz CT molecular complexity index is 250. The van der Waals surface area contributed by atoms with Crippen molar-refractivity contribution in [1.29, 1.82) is 0 Å². The van der Waals surface area contributed by atoms with Crippen LogP contribution < -0.4 is 0 Å². The average Bonchev–Trinajstić information content (AvgIpc) is 2.50. The zero-order valence-electron chi connectivity index (χ0n) is 8.98. The van der Waals surface area contributed by atoms with Gasteiger partial charge in [0.15, 0.2) is 0 Å². The van der Waals surface area contributed by atoms with Crippen LogP contribution in [0.3, 0.4) is 0 Å². The number of hydrogen-bond donors (Lipinski definition) is 0. The van der Waals surface area contributed by atoms with Crippen molar-refractivity contribution in [2.24, 2.45) is 11.8 Å². The Balaban J connectivity index is 1.86. The van der Waals surface area contributed by atoms with Crippen LogP contribution in [-0.2, 0) is 4.79 Å². The Kier molecular flexibility index (Phi) is 3.08. The summed E-state index contributed by atoms with van der Waals surface area (Å²) < 4.78 is 26.3. The molecule has 0 spiro atoms. The van der Waals surface area contributed by atoms with Crippen LogP contribution in [0, 0.1) is 11.8 Å². The lowest BCUT2D eigenvalue weighted by atomic mass is 9.80. The lowest BCUT2D eigenvalue weighted by Gasteiger charge is -2.30. The number of Topliss-reactive ketones (excluding diaryl/α,β-unsaturated/α-hetero) is 1. The highest BCUT2D eigenvalue weighted by atomic mass is 19.3. The van der Waals surface area contributed by atoms with Crippen molar-refractivity contribution >= 4 is 5.78 Å². The minimum atomic E-state index is -2.47. The summed E-state index contributed by atoms with van der Waals surface area (Å²) in [6.07, 6.45) is 4.85. The number of rotatable bonds is 2. The van der Waals surface area contributed by atoms with E-state index in [0.717, 1.165) is 19.3 Å². The molecule has 0 aromatic rings. The van der Waals surface area contributed by atoms with Gasteiger partial charge in [-0.15, -0.1) is 0 Å². The second-order valence-electron chi connectivity index (χ2n) is 5.11. The maximum Gasteiger partial charge on any atom is 0.248 e. The zero-order chi connectivity index (χ0) is 10.9. The molecule has 0 heterocycles. The normalized spacial score (nSPS) is 35.7. The van der Waals surface area contributed by atoms with Crippen LogP contribution in [0.4, 0.5) is 8.78 Å². The second kappa shape index (κ2) is 4.18. The Morgan fingerprint density at radius 3 is 2.67 bits per heavy atom. The minimum absolute atomic E-state index is 0.0107. The van der Waals surface area contributed by atoms with E-state index in [-0.39, 0.29) is 24.7 Å². The van der Waals surface area contributed by atoms with E-state index in [1.54, 1.807) is 0 Å². The van der Waals surface area contributed by atoms with Gasteiger partial charge in [0.25, 0.3) is 0 Å². The average molecular weight is 216 g/mol. The summed E-state index contributed by atoms with van der Waals surface area (Å²) in [5.74, 6) is -1.97. The zero-order valence-corrected chi connectivity index (χ0v) is 8.98. The van der Waals surface area contributed by atoms with Crippen LogP contribution in [0.15, 0.2) is 0 Å². The molecule has 86 valence electrons. The molecule has 2 unspecified atom stereocenters. The summed E-state index contributed by atoms with van der Waals surface area (Å²) in [5, 5.41) is 0. The van der Waals surface area contributed by atoms with Crippen molar-refractivity contribution < 1.29 is 13.6 Å². The van der Waals surface area contributed by atoms with Crippen LogP contribution in [-0.4, -0.2) is 11.7 Å². The highest BCUT2D eigenvalue weighted by Crippen LogP contribution is 2.41. The fraction of sp³-hybridized carbons (Fsp3) is 0.917. The van der Waals surface area contributed by atoms with E-state index in [9.17, 15) is 13.6 Å². The molecular formula is C12H18F2O. The summed E-state index contributed by atoms with van der Waals surface area (Å²) in [5.41, 5.74) is 0. The summed E-state index contributed by atoms with van der Waals surface area (Å²) >= 11 is 0. The molecule has 2 aliphatic rings. The first-order valence-electron chi connectivity index (χ1n) is 5.97. The van der Waals surface area contributed by atoms with Crippen LogP contribution in [0.25, 0.3) is 0 Å². The van der Waals surface area contributed by atoms with E-state index in [4.69, 9.17) is 0 Å². The number of halogens is 2. The van der Waals surface area contributed by atoms with Crippen molar-refractivity contribution in [2.45, 2.75) is 57.3 Å². The third kappa shape index (κ3) is 2.76. The molecule has 2 aliphatic carbocycles. The molecule has 0 saturated heterocycles. The van der Waals surface area contributed by atoms with Crippen molar-refractivity contribution in [3.63, 3.8) is 0 Å². The number of carbonyl (C=O) groups is 1. The topological polar surface area (TPSA) is 17.1 Å². The van der Waals surface area contributed by atoms with Gasteiger partial charge in [-0.25, -0.2) is 8.78 Å². The molecule has 0 aliphatic heterocycles. The van der Waals surface area contributed by atoms with Gasteiger partial charge in [0.05, 0.1) is 0 Å². The third-order valence-electron chi connectivity index (χ3n) is 3.79. The second-order valence-corrected chi connectivity index (χ2v) is 5.11. The molecule has 0 bridgehead atoms. The van der Waals surface area contributed by atoms with Crippen LogP contribution in [0.1, 0.15) is 51.4 Å². The van der Waals surface area contributed by atoms with E-state index in [0.29, 0.717) is 25.0 Å². The number of ketones is 1. The molecule has 0 aromatic heterocycles. The Morgan fingerprint density at radius 1 is 1.27 bits per heavy atom. The molecule has 0 N–H and O–H groups in total. The molecule has 15 heavy (non-hydrogen) atoms. The van der Waals surface area contributed by atoms with Gasteiger partial charge in [0.1, 0.15) is 5.78 Å². The monoisotopic (exact) mass is 216 g/mol. The minimum Gasteiger partial charge on any atom is -0.299 e. The van der Waals surface area contributed by atoms with Gasteiger partial charge in [-0.3, -0.25) is 4.79 Å². The van der Waals surface area contributed by atoms with E-state index < -0.39 is 5.92 Å². The molecule has 2 saturated carbocycles. The molecule has 3 heteroatoms. The van der Waals surface area contributed by atoms with E-state index in [2.05, 4.69) is 0 Å². The first-order valence-corrected chi connectivity index (χ1v) is 5.97. The summed E-state index contributed by atoms with van der Waals surface area (Å²) in [4.78, 5) is 11.4. The number of hydrogen-bond acceptors (Lipinski definition) is 1. The van der Waals surface area contributed by atoms with Gasteiger partial charge in [-0.05, 0) is 38.0 Å². The molecule has 0 amide bonds. The molecule has 0 radical (unpaired) electrons. The summed E-state index contributed by atoms with van der Waals surface area (Å²) in [7, 11) is 0. The first kappa shape index (κ1) is 11.0. The molecule has 2 rings (SSSR count). The van der Waals surface area contributed by atoms with Crippen LogP contribution in [0.5, 0.6) is 0 Å². The quantitative estimate of drug-likeness (QED) is 0.689. The van der Waals surface area contributed by atoms with Crippen molar-refractivity contribution in [3.8, 4) is 0 Å². The summed E-state index contributed by atoms with van der Waals surface area (Å²) in [6.45, 7) is 0. The third-order valence-corrected chi connectivity index (χ3v) is 3.79. The molecule has 2 atom stereocenters. The smallest absolute Gasteiger partial charge is 0.248 e. The highest BCUT2D eigenvalue weighted by Gasteiger charge is 2.38. The first-order chi connectivity index (χ1) is 7.07. The molecule has 0 aromatic carbocycles. The van der Waals surface area contributed by atoms with E-state index in [1.807, 2.05) is 0 Å². The van der Waals surface area contributed by atoms with E-state index in [1.165, 1.54) is 0 Å². The molecule has 1 nitrogen and oxygen atoms in total. The maximum atomic E-state index is 13.1. The van der Waals surface area contributed by atoms with Gasteiger partial charge in [0, 0.05) is 25.2 Å². The largest absolute Gasteiger partial charge is 0.299 e. The summed E-state index contributed by atoms with van der Waals surface area (Å²) in [6, 6.07) is 0. The predicted molar refractivity (Wildman–Crippen MR) is 53.9 cm³/mol. The lowest BCUT2D eigenvalue weighted by Crippen LogP contribution is -2.27. The fourth-order valence-corrected chi connectivity index (χ4v) is 3.02. The Morgan fingerprint density at radius 2 is 2.07 bits per heavy atom. The van der Waals surface area contributed by atoms with E-state index >= 15 is 0 Å². The molecular weight excluding hydrogens is 198 g/mol. The van der Waals surface area contributed by atoms with Crippen molar-refractivity contribution in [2.75, 3.05) is 0 Å². The van der Waals surface area contributed by atoms with Gasteiger partial charge in [-0.2, -0.15) is 0 Å². The van der Waals surface area contributed by atoms with Gasteiger partial charge >= 0.3 is 0 Å². The highest BCUT2D eigenvalue weighted by molar-refractivity contribution is 5.82. The standard InChI is InChI=1S/C12H18F2O/c13-12(14)6-2-3-9(8-12)7-10-4-1-5-11(10)15/h9-10H,1-8H2. The fourth-order valence-electron chi connectivity index (χ4n) is 3.02. The Labute approximate surface area is 89.2 Å². The SMILES string of the molecule is O=C1CCCC1CC1CCCC(F)(F)C1. The van der Waals surface area contributed by atoms with Gasteiger partial charge in [-0.1, -0.05) is 0 Å². The van der Waals surface area contributed by atoms with Crippen molar-refractivity contribution in [1.82, 2.24) is 0 Å².